The van der Waals surface area contributed by atoms with Gasteiger partial charge >= 0.3 is 0 Å². The topological polar surface area (TPSA) is 72.9 Å². The minimum atomic E-state index is -0.162. The number of thioether (sulfide) groups is 1. The van der Waals surface area contributed by atoms with E-state index in [-0.39, 0.29) is 11.6 Å². The number of nitrogens with one attached hydrogen (secondary N) is 2. The largest absolute Gasteiger partial charge is 0.493 e. The lowest BCUT2D eigenvalue weighted by Gasteiger charge is -2.29. The van der Waals surface area contributed by atoms with E-state index in [2.05, 4.69) is 57.0 Å². The van der Waals surface area contributed by atoms with Crippen molar-refractivity contribution in [3.05, 3.63) is 41.4 Å². The van der Waals surface area contributed by atoms with Gasteiger partial charge in [0.05, 0.1) is 34.9 Å². The van der Waals surface area contributed by atoms with E-state index in [1.807, 2.05) is 17.8 Å². The van der Waals surface area contributed by atoms with Crippen LogP contribution in [-0.2, 0) is 0 Å². The summed E-state index contributed by atoms with van der Waals surface area (Å²) in [6.07, 6.45) is 5.02. The van der Waals surface area contributed by atoms with E-state index in [4.69, 9.17) is 4.74 Å². The molecule has 7 heteroatoms. The summed E-state index contributed by atoms with van der Waals surface area (Å²) in [5.74, 6) is 0.887. The second-order valence-electron chi connectivity index (χ2n) is 8.44. The standard InChI is InChI=1S/C22H28N4O2S/c1-22-7-11-29-21(22)20(24-25-22)19-12-15-5-6-17(13-18(15)23-19)28-10-3-9-26-8-2-4-16(27)14-26/h5-7,11-13,16,21,23,25,27H,2-4,8-10,14H2,1H3/t16?,21?,22-/m1/s1. The van der Waals surface area contributed by atoms with E-state index in [1.165, 1.54) is 5.39 Å². The molecule has 6 nitrogen and oxygen atoms in total. The van der Waals surface area contributed by atoms with E-state index in [9.17, 15) is 5.11 Å². The Morgan fingerprint density at radius 2 is 2.31 bits per heavy atom. The Labute approximate surface area is 175 Å². The average molecular weight is 413 g/mol. The third-order valence-electron chi connectivity index (χ3n) is 6.08. The maximum atomic E-state index is 9.77. The highest BCUT2D eigenvalue weighted by Crippen LogP contribution is 2.39. The van der Waals surface area contributed by atoms with Crippen LogP contribution in [0.4, 0.5) is 0 Å². The third-order valence-corrected chi connectivity index (χ3v) is 7.36. The van der Waals surface area contributed by atoms with Gasteiger partial charge < -0.3 is 19.7 Å². The number of H-pyrrole nitrogens is 1. The van der Waals surface area contributed by atoms with Crippen LogP contribution in [0, 0.1) is 0 Å². The number of likely N-dealkylation sites (tertiary alicyclic amines) is 1. The summed E-state index contributed by atoms with van der Waals surface area (Å²) < 4.78 is 5.99. The van der Waals surface area contributed by atoms with Crippen LogP contribution in [-0.4, -0.2) is 63.8 Å². The first kappa shape index (κ1) is 19.0. The number of aromatic nitrogens is 1. The maximum absolute atomic E-state index is 9.77. The zero-order chi connectivity index (χ0) is 19.8. The molecule has 0 bridgehead atoms. The first-order valence-electron chi connectivity index (χ1n) is 10.4. The number of benzene rings is 1. The number of hydrogen-bond donors (Lipinski definition) is 3. The van der Waals surface area contributed by atoms with Gasteiger partial charge in [0, 0.05) is 30.1 Å². The van der Waals surface area contributed by atoms with E-state index in [0.717, 1.165) is 61.6 Å². The number of fused-ring (bicyclic) bond motifs is 2. The van der Waals surface area contributed by atoms with E-state index in [1.54, 1.807) is 0 Å². The van der Waals surface area contributed by atoms with Gasteiger partial charge in [-0.3, -0.25) is 5.43 Å². The lowest BCUT2D eigenvalue weighted by Crippen LogP contribution is -2.41. The minimum absolute atomic E-state index is 0.0873. The maximum Gasteiger partial charge on any atom is 0.121 e. The van der Waals surface area contributed by atoms with Crippen LogP contribution in [0.3, 0.4) is 0 Å². The van der Waals surface area contributed by atoms with Crippen LogP contribution in [0.2, 0.25) is 0 Å². The predicted molar refractivity (Wildman–Crippen MR) is 119 cm³/mol. The lowest BCUT2D eigenvalue weighted by molar-refractivity contribution is 0.0679. The Morgan fingerprint density at radius 1 is 1.38 bits per heavy atom. The Hall–Kier alpha value is -1.96. The van der Waals surface area contributed by atoms with Crippen molar-refractivity contribution >= 4 is 28.4 Å². The lowest BCUT2D eigenvalue weighted by atomic mass is 9.96. The first-order chi connectivity index (χ1) is 14.1. The van der Waals surface area contributed by atoms with Gasteiger partial charge in [-0.15, -0.1) is 11.8 Å². The number of nitrogens with zero attached hydrogens (tertiary/aromatic N) is 2. The van der Waals surface area contributed by atoms with Gasteiger partial charge in [-0.2, -0.15) is 5.10 Å². The molecule has 3 aliphatic heterocycles. The molecule has 154 valence electrons. The summed E-state index contributed by atoms with van der Waals surface area (Å²) in [7, 11) is 0. The molecule has 0 radical (unpaired) electrons. The molecule has 5 rings (SSSR count). The van der Waals surface area contributed by atoms with Crippen molar-refractivity contribution < 1.29 is 9.84 Å². The summed E-state index contributed by atoms with van der Waals surface area (Å²) in [6, 6.07) is 8.39. The molecule has 1 fully saturated rings. The SMILES string of the molecule is C[C@@]12C=CSC1C(c1cc3ccc(OCCCN4CCCC(O)C4)cc3[nH]1)=NN2. The van der Waals surface area contributed by atoms with Crippen LogP contribution in [0.1, 0.15) is 31.9 Å². The Morgan fingerprint density at radius 3 is 3.21 bits per heavy atom. The number of aliphatic hydroxyl groups is 1. The van der Waals surface area contributed by atoms with E-state index < -0.39 is 0 Å². The molecule has 3 aliphatic rings. The molecule has 0 aliphatic carbocycles. The second kappa shape index (κ2) is 7.70. The fraction of sp³-hybridized carbons (Fsp3) is 0.500. The fourth-order valence-corrected chi connectivity index (χ4v) is 5.66. The van der Waals surface area contributed by atoms with Crippen molar-refractivity contribution in [3.63, 3.8) is 0 Å². The molecular weight excluding hydrogens is 384 g/mol. The van der Waals surface area contributed by atoms with Gasteiger partial charge in [-0.25, -0.2) is 0 Å². The molecule has 3 N–H and O–H groups in total. The van der Waals surface area contributed by atoms with Crippen LogP contribution in [0.5, 0.6) is 5.75 Å². The molecule has 1 aromatic carbocycles. The monoisotopic (exact) mass is 412 g/mol. The van der Waals surface area contributed by atoms with Crippen molar-refractivity contribution in [2.45, 2.75) is 43.1 Å². The molecule has 2 unspecified atom stereocenters. The van der Waals surface area contributed by atoms with Crippen molar-refractivity contribution in [2.75, 3.05) is 26.2 Å². The van der Waals surface area contributed by atoms with Gasteiger partial charge in [0.15, 0.2) is 0 Å². The summed E-state index contributed by atoms with van der Waals surface area (Å²) in [5.41, 5.74) is 6.41. The summed E-state index contributed by atoms with van der Waals surface area (Å²) in [6.45, 7) is 5.73. The van der Waals surface area contributed by atoms with Crippen molar-refractivity contribution in [1.29, 1.82) is 0 Å². The van der Waals surface area contributed by atoms with Gasteiger partial charge in [0.2, 0.25) is 0 Å². The molecule has 29 heavy (non-hydrogen) atoms. The zero-order valence-electron chi connectivity index (χ0n) is 16.7. The van der Waals surface area contributed by atoms with Gasteiger partial charge in [0.25, 0.3) is 0 Å². The molecule has 1 aromatic heterocycles. The number of β-amino-alcohol motifs (C(OH)–C–C–N with tert-alkyl or cyclic N) is 1. The summed E-state index contributed by atoms with van der Waals surface area (Å²) in [5, 5.41) is 18.0. The summed E-state index contributed by atoms with van der Waals surface area (Å²) >= 11 is 1.81. The zero-order valence-corrected chi connectivity index (χ0v) is 17.5. The summed E-state index contributed by atoms with van der Waals surface area (Å²) in [4.78, 5) is 5.86. The van der Waals surface area contributed by atoms with Crippen LogP contribution < -0.4 is 10.2 Å². The third kappa shape index (κ3) is 3.79. The Kier molecular flexibility index (Phi) is 5.05. The van der Waals surface area contributed by atoms with Crippen LogP contribution in [0.25, 0.3) is 10.9 Å². The number of aliphatic hydroxyl groups excluding tert-OH is 1. The van der Waals surface area contributed by atoms with Gasteiger partial charge in [-0.1, -0.05) is 6.08 Å². The minimum Gasteiger partial charge on any atom is -0.493 e. The molecule has 1 saturated heterocycles. The quantitative estimate of drug-likeness (QED) is 0.636. The molecule has 3 atom stereocenters. The molecule has 0 saturated carbocycles. The highest BCUT2D eigenvalue weighted by molar-refractivity contribution is 8.03. The number of piperidine rings is 1. The van der Waals surface area contributed by atoms with Crippen molar-refractivity contribution in [3.8, 4) is 5.75 Å². The van der Waals surface area contributed by atoms with Crippen molar-refractivity contribution in [2.24, 2.45) is 5.10 Å². The van der Waals surface area contributed by atoms with Crippen LogP contribution in [0.15, 0.2) is 40.9 Å². The predicted octanol–water partition coefficient (Wildman–Crippen LogP) is 3.09. The fourth-order valence-electron chi connectivity index (χ4n) is 4.42. The first-order valence-corrected chi connectivity index (χ1v) is 11.4. The number of aromatic amines is 1. The number of rotatable bonds is 6. The molecular formula is C22H28N4O2S. The second-order valence-corrected chi connectivity index (χ2v) is 9.46. The van der Waals surface area contributed by atoms with Crippen LogP contribution >= 0.6 is 11.8 Å². The van der Waals surface area contributed by atoms with Gasteiger partial charge in [-0.05, 0) is 56.3 Å². The molecule has 4 heterocycles. The Bertz CT molecular complexity index is 955. The van der Waals surface area contributed by atoms with E-state index >= 15 is 0 Å². The Balaban J connectivity index is 1.20. The number of ether oxygens (including phenoxy) is 1. The normalized spacial score (nSPS) is 29.1. The molecule has 0 amide bonds. The van der Waals surface area contributed by atoms with E-state index in [0.29, 0.717) is 11.9 Å². The average Bonchev–Trinajstić information content (AvgIpc) is 3.37. The highest BCUT2D eigenvalue weighted by Gasteiger charge is 2.44. The smallest absolute Gasteiger partial charge is 0.121 e. The molecule has 0 spiro atoms. The highest BCUT2D eigenvalue weighted by atomic mass is 32.2. The molecule has 2 aromatic rings. The van der Waals surface area contributed by atoms with Crippen molar-refractivity contribution in [1.82, 2.24) is 15.3 Å². The number of hydrogen-bond acceptors (Lipinski definition) is 6. The van der Waals surface area contributed by atoms with Gasteiger partial charge in [0.1, 0.15) is 5.75 Å². The number of hydrazone groups is 1.